The van der Waals surface area contributed by atoms with E-state index in [2.05, 4.69) is 23.3 Å². The predicted molar refractivity (Wildman–Crippen MR) is 72.4 cm³/mol. The number of rotatable bonds is 3. The van der Waals surface area contributed by atoms with Gasteiger partial charge in [-0.05, 0) is 37.8 Å². The van der Waals surface area contributed by atoms with Gasteiger partial charge in [0.25, 0.3) is 0 Å². The molecule has 0 atom stereocenters. The smallest absolute Gasteiger partial charge is 0.224 e. The molecule has 1 amide bonds. The fourth-order valence-electron chi connectivity index (χ4n) is 2.66. The molecule has 3 heteroatoms. The number of benzene rings is 1. The van der Waals surface area contributed by atoms with Gasteiger partial charge in [-0.15, -0.1) is 0 Å². The molecule has 3 rings (SSSR count). The Balaban J connectivity index is 1.74. The zero-order chi connectivity index (χ0) is 12.6. The van der Waals surface area contributed by atoms with Gasteiger partial charge >= 0.3 is 0 Å². The molecule has 2 N–H and O–H groups in total. The lowest BCUT2D eigenvalue weighted by atomic mass is 9.78. The number of hydrogen-bond acceptors (Lipinski definition) is 1. The van der Waals surface area contributed by atoms with Crippen LogP contribution in [-0.2, 0) is 11.2 Å². The molecule has 94 valence electrons. The summed E-state index contributed by atoms with van der Waals surface area (Å²) >= 11 is 0. The molecule has 1 aliphatic rings. The van der Waals surface area contributed by atoms with Gasteiger partial charge in [0.2, 0.25) is 5.91 Å². The summed E-state index contributed by atoms with van der Waals surface area (Å²) in [5.74, 6) is 0.127. The molecule has 0 spiro atoms. The van der Waals surface area contributed by atoms with Crippen molar-refractivity contribution in [1.29, 1.82) is 0 Å². The lowest BCUT2D eigenvalue weighted by Gasteiger charge is -2.39. The number of aromatic nitrogens is 1. The summed E-state index contributed by atoms with van der Waals surface area (Å²) < 4.78 is 0. The van der Waals surface area contributed by atoms with E-state index in [9.17, 15) is 4.79 Å². The molecule has 3 nitrogen and oxygen atoms in total. The Morgan fingerprint density at radius 2 is 2.17 bits per heavy atom. The van der Waals surface area contributed by atoms with Crippen LogP contribution in [0.2, 0.25) is 0 Å². The molecule has 1 heterocycles. The first-order chi connectivity index (χ1) is 8.66. The van der Waals surface area contributed by atoms with Crippen LogP contribution >= 0.6 is 0 Å². The monoisotopic (exact) mass is 242 g/mol. The van der Waals surface area contributed by atoms with Gasteiger partial charge in [-0.25, -0.2) is 0 Å². The van der Waals surface area contributed by atoms with Crippen LogP contribution in [0.5, 0.6) is 0 Å². The van der Waals surface area contributed by atoms with Crippen LogP contribution in [-0.4, -0.2) is 16.4 Å². The third kappa shape index (κ3) is 2.01. The van der Waals surface area contributed by atoms with Gasteiger partial charge in [0.15, 0.2) is 0 Å². The normalized spacial score (nSPS) is 17.4. The summed E-state index contributed by atoms with van der Waals surface area (Å²) in [6, 6.07) is 8.09. The molecule has 0 bridgehead atoms. The van der Waals surface area contributed by atoms with Gasteiger partial charge in [-0.1, -0.05) is 18.2 Å². The molecule has 1 aliphatic carbocycles. The standard InChI is InChI=1S/C15H18N2O/c1-15(7-4-8-15)17-14(18)9-11-10-16-13-6-3-2-5-12(11)13/h2-3,5-6,10,16H,4,7-9H2,1H3,(H,17,18). The molecular weight excluding hydrogens is 224 g/mol. The second-order valence-electron chi connectivity index (χ2n) is 5.50. The Hall–Kier alpha value is -1.77. The maximum absolute atomic E-state index is 12.0. The average Bonchev–Trinajstić information content (AvgIpc) is 2.71. The summed E-state index contributed by atoms with van der Waals surface area (Å²) in [5.41, 5.74) is 2.21. The fraction of sp³-hybridized carbons (Fsp3) is 0.400. The van der Waals surface area contributed by atoms with Gasteiger partial charge in [0.05, 0.1) is 6.42 Å². The van der Waals surface area contributed by atoms with Crippen molar-refractivity contribution in [3.05, 3.63) is 36.0 Å². The lowest BCUT2D eigenvalue weighted by Crippen LogP contribution is -2.51. The Morgan fingerprint density at radius 1 is 1.39 bits per heavy atom. The summed E-state index contributed by atoms with van der Waals surface area (Å²) in [5, 5.41) is 4.29. The van der Waals surface area contributed by atoms with Gasteiger partial charge < -0.3 is 10.3 Å². The highest BCUT2D eigenvalue weighted by molar-refractivity contribution is 5.89. The van der Waals surface area contributed by atoms with E-state index in [1.807, 2.05) is 24.4 Å². The van der Waals surface area contributed by atoms with E-state index in [1.165, 1.54) is 6.42 Å². The summed E-state index contributed by atoms with van der Waals surface area (Å²) in [6.07, 6.45) is 5.83. The first-order valence-corrected chi connectivity index (χ1v) is 6.52. The first-order valence-electron chi connectivity index (χ1n) is 6.52. The maximum atomic E-state index is 12.0. The van der Waals surface area contributed by atoms with Crippen molar-refractivity contribution in [2.24, 2.45) is 0 Å². The van der Waals surface area contributed by atoms with Gasteiger partial charge in [-0.3, -0.25) is 4.79 Å². The van der Waals surface area contributed by atoms with Gasteiger partial charge in [0.1, 0.15) is 0 Å². The fourth-order valence-corrected chi connectivity index (χ4v) is 2.66. The van der Waals surface area contributed by atoms with E-state index in [0.29, 0.717) is 6.42 Å². The number of carbonyl (C=O) groups is 1. The Labute approximate surface area is 107 Å². The minimum Gasteiger partial charge on any atom is -0.361 e. The second-order valence-corrected chi connectivity index (χ2v) is 5.50. The van der Waals surface area contributed by atoms with Crippen LogP contribution in [0.1, 0.15) is 31.7 Å². The van der Waals surface area contributed by atoms with E-state index in [-0.39, 0.29) is 11.4 Å². The summed E-state index contributed by atoms with van der Waals surface area (Å²) in [7, 11) is 0. The predicted octanol–water partition coefficient (Wildman–Crippen LogP) is 2.77. The molecule has 0 unspecified atom stereocenters. The maximum Gasteiger partial charge on any atom is 0.224 e. The quantitative estimate of drug-likeness (QED) is 0.854. The number of H-pyrrole nitrogens is 1. The van der Waals surface area contributed by atoms with E-state index < -0.39 is 0 Å². The zero-order valence-corrected chi connectivity index (χ0v) is 10.6. The highest BCUT2D eigenvalue weighted by atomic mass is 16.1. The van der Waals surface area contributed by atoms with Crippen molar-refractivity contribution in [1.82, 2.24) is 10.3 Å². The zero-order valence-electron chi connectivity index (χ0n) is 10.6. The van der Waals surface area contributed by atoms with Crippen LogP contribution in [0, 0.1) is 0 Å². The number of fused-ring (bicyclic) bond motifs is 1. The van der Waals surface area contributed by atoms with Crippen LogP contribution < -0.4 is 5.32 Å². The van der Waals surface area contributed by atoms with E-state index in [0.717, 1.165) is 29.3 Å². The topological polar surface area (TPSA) is 44.9 Å². The summed E-state index contributed by atoms with van der Waals surface area (Å²) in [6.45, 7) is 2.13. The third-order valence-corrected chi connectivity index (χ3v) is 3.92. The molecule has 0 aliphatic heterocycles. The summed E-state index contributed by atoms with van der Waals surface area (Å²) in [4.78, 5) is 15.2. The second kappa shape index (κ2) is 4.16. The molecule has 1 aromatic carbocycles. The number of para-hydroxylation sites is 1. The highest BCUT2D eigenvalue weighted by Crippen LogP contribution is 2.31. The van der Waals surface area contributed by atoms with Crippen LogP contribution in [0.3, 0.4) is 0 Å². The van der Waals surface area contributed by atoms with Crippen LogP contribution in [0.25, 0.3) is 10.9 Å². The molecular formula is C15H18N2O. The molecule has 1 aromatic heterocycles. The number of aromatic amines is 1. The first kappa shape index (κ1) is 11.3. The number of amides is 1. The van der Waals surface area contributed by atoms with Gasteiger partial charge in [-0.2, -0.15) is 0 Å². The van der Waals surface area contributed by atoms with Crippen molar-refractivity contribution in [2.75, 3.05) is 0 Å². The Morgan fingerprint density at radius 3 is 2.89 bits per heavy atom. The SMILES string of the molecule is CC1(NC(=O)Cc2c[nH]c3ccccc23)CCC1. The van der Waals surface area contributed by atoms with E-state index >= 15 is 0 Å². The molecule has 0 radical (unpaired) electrons. The van der Waals surface area contributed by atoms with Crippen molar-refractivity contribution >= 4 is 16.8 Å². The van der Waals surface area contributed by atoms with Crippen molar-refractivity contribution in [3.63, 3.8) is 0 Å². The van der Waals surface area contributed by atoms with Crippen molar-refractivity contribution in [2.45, 2.75) is 38.1 Å². The molecule has 18 heavy (non-hydrogen) atoms. The number of nitrogens with one attached hydrogen (secondary N) is 2. The van der Waals surface area contributed by atoms with Gasteiger partial charge in [0, 0.05) is 22.6 Å². The van der Waals surface area contributed by atoms with Crippen molar-refractivity contribution < 1.29 is 4.79 Å². The minimum atomic E-state index is 0.0448. The van der Waals surface area contributed by atoms with Crippen molar-refractivity contribution in [3.8, 4) is 0 Å². The highest BCUT2D eigenvalue weighted by Gasteiger charge is 2.33. The number of carbonyl (C=O) groups excluding carboxylic acids is 1. The average molecular weight is 242 g/mol. The molecule has 1 fully saturated rings. The minimum absolute atomic E-state index is 0.0448. The van der Waals surface area contributed by atoms with E-state index in [4.69, 9.17) is 0 Å². The molecule has 0 saturated heterocycles. The van der Waals surface area contributed by atoms with E-state index in [1.54, 1.807) is 0 Å². The Bertz CT molecular complexity index is 581. The number of hydrogen-bond donors (Lipinski definition) is 2. The molecule has 1 saturated carbocycles. The Kier molecular flexibility index (Phi) is 2.62. The van der Waals surface area contributed by atoms with Crippen LogP contribution in [0.15, 0.2) is 30.5 Å². The third-order valence-electron chi connectivity index (χ3n) is 3.92. The largest absolute Gasteiger partial charge is 0.361 e. The molecule has 2 aromatic rings. The van der Waals surface area contributed by atoms with Crippen LogP contribution in [0.4, 0.5) is 0 Å². The lowest BCUT2D eigenvalue weighted by molar-refractivity contribution is -0.123.